The Balaban J connectivity index is 1.51. The van der Waals surface area contributed by atoms with Crippen LogP contribution in [0, 0.1) is 17.3 Å². The fraction of sp³-hybridized carbons (Fsp3) is 0.486. The predicted molar refractivity (Wildman–Crippen MR) is 163 cm³/mol. The molecule has 4 heteroatoms. The van der Waals surface area contributed by atoms with E-state index in [0.717, 1.165) is 23.0 Å². The molecule has 3 aromatic rings. The SMILES string of the molecule is C=CC1c2ccccc2N2c3nc(C(C)(C)C(C)(C)C4CCCCCC4)cnc3N(c3ccccc3)C2C1C. The molecule has 0 bridgehead atoms. The molecule has 204 valence electrons. The first-order chi connectivity index (χ1) is 18.8. The van der Waals surface area contributed by atoms with Crippen molar-refractivity contribution in [3.05, 3.63) is 84.7 Å². The number of allylic oxidation sites excluding steroid dienone is 1. The van der Waals surface area contributed by atoms with E-state index < -0.39 is 0 Å². The normalized spacial score (nSPS) is 23.6. The first-order valence-corrected chi connectivity index (χ1v) is 15.0. The van der Waals surface area contributed by atoms with E-state index in [1.165, 1.54) is 49.8 Å². The molecule has 2 aliphatic heterocycles. The lowest BCUT2D eigenvalue weighted by molar-refractivity contribution is 0.0870. The number of rotatable bonds is 5. The lowest BCUT2D eigenvalue weighted by Crippen LogP contribution is -2.48. The maximum atomic E-state index is 5.55. The van der Waals surface area contributed by atoms with Gasteiger partial charge in [0.2, 0.25) is 0 Å². The summed E-state index contributed by atoms with van der Waals surface area (Å²) in [6.07, 6.45) is 12.4. The number of para-hydroxylation sites is 2. The molecule has 6 rings (SSSR count). The number of nitrogens with zero attached hydrogens (tertiary/aromatic N) is 4. The fourth-order valence-corrected chi connectivity index (χ4v) is 7.60. The summed E-state index contributed by atoms with van der Waals surface area (Å²) in [5, 5.41) is 0. The number of aromatic nitrogens is 2. The van der Waals surface area contributed by atoms with Crippen molar-refractivity contribution in [2.24, 2.45) is 17.3 Å². The van der Waals surface area contributed by atoms with Crippen LogP contribution in [0.4, 0.5) is 23.0 Å². The smallest absolute Gasteiger partial charge is 0.178 e. The monoisotopic (exact) mass is 520 g/mol. The average molecular weight is 521 g/mol. The number of hydrogen-bond donors (Lipinski definition) is 0. The standard InChI is InChI=1S/C35H44N4/c1-7-27-24(2)33-38(26-19-13-10-14-20-26)31-32(39(33)29-22-16-15-21-28(27)29)37-30(23-36-31)35(5,6)34(3,4)25-17-11-8-9-12-18-25/h7,10,13-16,19-25,27,33H,1,8-9,11-12,17-18H2,2-6H3. The summed E-state index contributed by atoms with van der Waals surface area (Å²) in [6.45, 7) is 16.4. The third kappa shape index (κ3) is 4.01. The van der Waals surface area contributed by atoms with Crippen molar-refractivity contribution in [3.63, 3.8) is 0 Å². The molecule has 0 saturated heterocycles. The van der Waals surface area contributed by atoms with Crippen LogP contribution in [0.5, 0.6) is 0 Å². The fourth-order valence-electron chi connectivity index (χ4n) is 7.60. The molecule has 1 aliphatic carbocycles. The van der Waals surface area contributed by atoms with Gasteiger partial charge in [-0.15, -0.1) is 6.58 Å². The Labute approximate surface area is 235 Å². The summed E-state index contributed by atoms with van der Waals surface area (Å²) in [5.41, 5.74) is 4.78. The second-order valence-corrected chi connectivity index (χ2v) is 13.1. The predicted octanol–water partition coefficient (Wildman–Crippen LogP) is 9.29. The van der Waals surface area contributed by atoms with Gasteiger partial charge in [-0.1, -0.05) is 103 Å². The van der Waals surface area contributed by atoms with Crippen molar-refractivity contribution in [3.8, 4) is 0 Å². The second-order valence-electron chi connectivity index (χ2n) is 13.1. The summed E-state index contributed by atoms with van der Waals surface area (Å²) >= 11 is 0. The van der Waals surface area contributed by atoms with Gasteiger partial charge in [0.25, 0.3) is 0 Å². The summed E-state index contributed by atoms with van der Waals surface area (Å²) < 4.78 is 0. The highest BCUT2D eigenvalue weighted by atomic mass is 15.5. The van der Waals surface area contributed by atoms with Crippen molar-refractivity contribution in [1.29, 1.82) is 0 Å². The Morgan fingerprint density at radius 2 is 1.51 bits per heavy atom. The maximum Gasteiger partial charge on any atom is 0.178 e. The zero-order chi connectivity index (χ0) is 27.4. The lowest BCUT2D eigenvalue weighted by atomic mass is 9.58. The van der Waals surface area contributed by atoms with E-state index >= 15 is 0 Å². The van der Waals surface area contributed by atoms with Crippen LogP contribution in [-0.2, 0) is 5.41 Å². The Bertz CT molecular complexity index is 1340. The molecular weight excluding hydrogens is 476 g/mol. The summed E-state index contributed by atoms with van der Waals surface area (Å²) in [6, 6.07) is 19.5. The largest absolute Gasteiger partial charge is 0.302 e. The van der Waals surface area contributed by atoms with Crippen molar-refractivity contribution in [1.82, 2.24) is 9.97 Å². The van der Waals surface area contributed by atoms with E-state index in [4.69, 9.17) is 9.97 Å². The van der Waals surface area contributed by atoms with Gasteiger partial charge >= 0.3 is 0 Å². The minimum Gasteiger partial charge on any atom is -0.302 e. The molecule has 3 heterocycles. The van der Waals surface area contributed by atoms with E-state index in [2.05, 4.69) is 118 Å². The maximum absolute atomic E-state index is 5.55. The van der Waals surface area contributed by atoms with E-state index in [-0.39, 0.29) is 22.9 Å². The molecule has 1 saturated carbocycles. The highest BCUT2D eigenvalue weighted by molar-refractivity contribution is 5.86. The minimum absolute atomic E-state index is 0.0773. The summed E-state index contributed by atoms with van der Waals surface area (Å²) in [5.74, 6) is 3.18. The van der Waals surface area contributed by atoms with Gasteiger partial charge in [0.05, 0.1) is 11.9 Å². The third-order valence-corrected chi connectivity index (χ3v) is 10.7. The van der Waals surface area contributed by atoms with E-state index in [1.807, 2.05) is 0 Å². The van der Waals surface area contributed by atoms with E-state index in [1.54, 1.807) is 0 Å². The molecule has 2 aromatic carbocycles. The van der Waals surface area contributed by atoms with Crippen LogP contribution < -0.4 is 9.80 Å². The van der Waals surface area contributed by atoms with Gasteiger partial charge in [-0.25, -0.2) is 9.97 Å². The van der Waals surface area contributed by atoms with E-state index in [9.17, 15) is 0 Å². The molecule has 0 amide bonds. The van der Waals surface area contributed by atoms with Crippen LogP contribution in [0.15, 0.2) is 73.4 Å². The van der Waals surface area contributed by atoms with Gasteiger partial charge < -0.3 is 9.80 Å². The summed E-state index contributed by atoms with van der Waals surface area (Å²) in [7, 11) is 0. The Kier molecular flexibility index (Phi) is 6.56. The van der Waals surface area contributed by atoms with Crippen molar-refractivity contribution in [2.75, 3.05) is 9.80 Å². The van der Waals surface area contributed by atoms with Crippen molar-refractivity contribution >= 4 is 23.0 Å². The van der Waals surface area contributed by atoms with Gasteiger partial charge in [-0.05, 0) is 47.9 Å². The Morgan fingerprint density at radius 1 is 0.846 bits per heavy atom. The zero-order valence-electron chi connectivity index (χ0n) is 24.4. The molecule has 3 aliphatic rings. The quantitative estimate of drug-likeness (QED) is 0.248. The van der Waals surface area contributed by atoms with Crippen LogP contribution in [-0.4, -0.2) is 16.1 Å². The summed E-state index contributed by atoms with van der Waals surface area (Å²) in [4.78, 5) is 15.7. The van der Waals surface area contributed by atoms with Gasteiger partial charge in [0.1, 0.15) is 6.17 Å². The number of fused-ring (bicyclic) bond motifs is 5. The van der Waals surface area contributed by atoms with Gasteiger partial charge in [0.15, 0.2) is 11.6 Å². The molecule has 39 heavy (non-hydrogen) atoms. The molecular formula is C35H44N4. The van der Waals surface area contributed by atoms with Gasteiger partial charge in [-0.3, -0.25) is 0 Å². The number of hydrogen-bond acceptors (Lipinski definition) is 4. The number of benzene rings is 2. The topological polar surface area (TPSA) is 32.3 Å². The zero-order valence-corrected chi connectivity index (χ0v) is 24.4. The van der Waals surface area contributed by atoms with Crippen LogP contribution in [0.3, 0.4) is 0 Å². The minimum atomic E-state index is -0.121. The second kappa shape index (κ2) is 9.80. The molecule has 3 unspecified atom stereocenters. The Morgan fingerprint density at radius 3 is 2.21 bits per heavy atom. The van der Waals surface area contributed by atoms with Crippen LogP contribution in [0.1, 0.15) is 90.3 Å². The van der Waals surface area contributed by atoms with Gasteiger partial charge in [0, 0.05) is 28.6 Å². The average Bonchev–Trinajstić information content (AvgIpc) is 3.07. The van der Waals surface area contributed by atoms with E-state index in [0.29, 0.717) is 11.8 Å². The molecule has 1 aromatic heterocycles. The van der Waals surface area contributed by atoms with Crippen molar-refractivity contribution in [2.45, 2.75) is 90.6 Å². The molecule has 4 nitrogen and oxygen atoms in total. The molecule has 1 fully saturated rings. The van der Waals surface area contributed by atoms with Crippen LogP contribution >= 0.6 is 0 Å². The van der Waals surface area contributed by atoms with Crippen molar-refractivity contribution < 1.29 is 0 Å². The van der Waals surface area contributed by atoms with Gasteiger partial charge in [-0.2, -0.15) is 0 Å². The van der Waals surface area contributed by atoms with Crippen LogP contribution in [0.2, 0.25) is 0 Å². The molecule has 3 atom stereocenters. The highest BCUT2D eigenvalue weighted by Gasteiger charge is 2.51. The molecule has 0 N–H and O–H groups in total. The molecule has 0 radical (unpaired) electrons. The third-order valence-electron chi connectivity index (χ3n) is 10.7. The first-order valence-electron chi connectivity index (χ1n) is 15.0. The van der Waals surface area contributed by atoms with Crippen LogP contribution in [0.25, 0.3) is 0 Å². The first kappa shape index (κ1) is 26.1. The highest BCUT2D eigenvalue weighted by Crippen LogP contribution is 2.56. The number of anilines is 4. The Hall–Kier alpha value is -3.14. The molecule has 0 spiro atoms. The lowest BCUT2D eigenvalue weighted by Gasteiger charge is -2.47.